The number of ether oxygens (including phenoxy) is 3. The molecule has 0 aromatic heterocycles. The van der Waals surface area contributed by atoms with Crippen LogP contribution < -0.4 is 14.2 Å². The first kappa shape index (κ1) is 19.3. The Balaban J connectivity index is 1.64. The van der Waals surface area contributed by atoms with E-state index in [1.54, 1.807) is 26.4 Å². The third-order valence-corrected chi connectivity index (χ3v) is 5.84. The number of hydrazone groups is 1. The number of methoxy groups -OCH3 is 2. The molecule has 2 aliphatic heterocycles. The van der Waals surface area contributed by atoms with E-state index in [4.69, 9.17) is 19.3 Å². The van der Waals surface area contributed by atoms with Crippen molar-refractivity contribution in [3.05, 3.63) is 82.9 Å². The third-order valence-electron chi connectivity index (χ3n) is 5.84. The number of phenolic OH excluding ortho intramolecular Hbond substituents is 1. The van der Waals surface area contributed by atoms with Crippen molar-refractivity contribution in [1.82, 2.24) is 5.01 Å². The van der Waals surface area contributed by atoms with Gasteiger partial charge in [-0.3, -0.25) is 0 Å². The highest BCUT2D eigenvalue weighted by atomic mass is 16.5. The molecule has 0 fully saturated rings. The van der Waals surface area contributed by atoms with Gasteiger partial charge in [0, 0.05) is 23.1 Å². The van der Waals surface area contributed by atoms with Crippen LogP contribution >= 0.6 is 0 Å². The lowest BCUT2D eigenvalue weighted by Gasteiger charge is -2.38. The Hall–Kier alpha value is -3.67. The molecule has 0 amide bonds. The number of rotatable bonds is 4. The van der Waals surface area contributed by atoms with Crippen LogP contribution in [0.5, 0.6) is 23.0 Å². The second-order valence-electron chi connectivity index (χ2n) is 7.79. The van der Waals surface area contributed by atoms with Gasteiger partial charge in [0.2, 0.25) is 6.23 Å². The molecule has 0 spiro atoms. The number of aryl methyl sites for hydroxylation is 1. The molecule has 6 heteroatoms. The van der Waals surface area contributed by atoms with E-state index in [-0.39, 0.29) is 11.8 Å². The zero-order chi connectivity index (χ0) is 21.5. The highest BCUT2D eigenvalue weighted by molar-refractivity contribution is 6.04. The predicted molar refractivity (Wildman–Crippen MR) is 118 cm³/mol. The molecule has 2 atom stereocenters. The van der Waals surface area contributed by atoms with Gasteiger partial charge in [-0.1, -0.05) is 42.0 Å². The van der Waals surface area contributed by atoms with E-state index in [1.165, 1.54) is 0 Å². The fraction of sp³-hybridized carbons (Fsp3) is 0.240. The maximum atomic E-state index is 10.5. The fourth-order valence-electron chi connectivity index (χ4n) is 4.32. The Labute approximate surface area is 181 Å². The van der Waals surface area contributed by atoms with E-state index < -0.39 is 6.23 Å². The summed E-state index contributed by atoms with van der Waals surface area (Å²) in [5.74, 6) is 2.30. The Kier molecular flexibility index (Phi) is 4.70. The average Bonchev–Trinajstić information content (AvgIpc) is 3.24. The fourth-order valence-corrected chi connectivity index (χ4v) is 4.32. The average molecular weight is 416 g/mol. The summed E-state index contributed by atoms with van der Waals surface area (Å²) >= 11 is 0. The summed E-state index contributed by atoms with van der Waals surface area (Å²) in [6.07, 6.45) is 0.228. The van der Waals surface area contributed by atoms with Gasteiger partial charge in [0.25, 0.3) is 0 Å². The van der Waals surface area contributed by atoms with Crippen molar-refractivity contribution in [2.24, 2.45) is 5.10 Å². The molecule has 3 aromatic rings. The Bertz CT molecular complexity index is 1170. The predicted octanol–water partition coefficient (Wildman–Crippen LogP) is 4.96. The van der Waals surface area contributed by atoms with Crippen molar-refractivity contribution in [3.8, 4) is 23.0 Å². The first-order chi connectivity index (χ1) is 15.1. The molecular formula is C25H24N2O4. The summed E-state index contributed by atoms with van der Waals surface area (Å²) in [7, 11) is 3.26. The minimum atomic E-state index is -0.404. The Morgan fingerprint density at radius 3 is 2.65 bits per heavy atom. The zero-order valence-corrected chi connectivity index (χ0v) is 17.7. The topological polar surface area (TPSA) is 63.5 Å². The summed E-state index contributed by atoms with van der Waals surface area (Å²) in [5.41, 5.74) is 4.64. The molecule has 0 aliphatic carbocycles. The van der Waals surface area contributed by atoms with Gasteiger partial charge in [-0.05, 0) is 31.2 Å². The normalized spacial score (nSPS) is 19.2. The molecule has 0 saturated heterocycles. The van der Waals surface area contributed by atoms with Crippen LogP contribution in [0.2, 0.25) is 0 Å². The van der Waals surface area contributed by atoms with E-state index in [2.05, 4.69) is 19.1 Å². The van der Waals surface area contributed by atoms with Gasteiger partial charge >= 0.3 is 0 Å². The minimum absolute atomic E-state index is 0.0371. The molecule has 0 bridgehead atoms. The number of nitrogens with zero attached hydrogens (tertiary/aromatic N) is 2. The highest BCUT2D eigenvalue weighted by Crippen LogP contribution is 2.51. The number of hydrogen-bond acceptors (Lipinski definition) is 6. The van der Waals surface area contributed by atoms with Crippen molar-refractivity contribution in [2.75, 3.05) is 14.2 Å². The van der Waals surface area contributed by atoms with Crippen molar-refractivity contribution in [3.63, 3.8) is 0 Å². The molecule has 0 radical (unpaired) electrons. The largest absolute Gasteiger partial charge is 0.507 e. The minimum Gasteiger partial charge on any atom is -0.507 e. The number of phenols is 1. The molecule has 5 rings (SSSR count). The molecule has 2 heterocycles. The third kappa shape index (κ3) is 3.24. The van der Waals surface area contributed by atoms with Crippen molar-refractivity contribution >= 4 is 5.71 Å². The van der Waals surface area contributed by atoms with Gasteiger partial charge in [0.1, 0.15) is 11.5 Å². The smallest absolute Gasteiger partial charge is 0.214 e. The van der Waals surface area contributed by atoms with Gasteiger partial charge < -0.3 is 19.3 Å². The quantitative estimate of drug-likeness (QED) is 0.651. The molecular weight excluding hydrogens is 392 g/mol. The van der Waals surface area contributed by atoms with Gasteiger partial charge in [-0.15, -0.1) is 0 Å². The molecule has 0 unspecified atom stereocenters. The zero-order valence-electron chi connectivity index (χ0n) is 17.7. The molecule has 158 valence electrons. The second kappa shape index (κ2) is 7.54. The van der Waals surface area contributed by atoms with Crippen LogP contribution in [0.3, 0.4) is 0 Å². The van der Waals surface area contributed by atoms with Gasteiger partial charge in [-0.2, -0.15) is 5.10 Å². The van der Waals surface area contributed by atoms with Crippen LogP contribution in [0.25, 0.3) is 0 Å². The van der Waals surface area contributed by atoms with Crippen LogP contribution in [0.1, 0.15) is 40.9 Å². The first-order valence-electron chi connectivity index (χ1n) is 10.2. The van der Waals surface area contributed by atoms with Crippen LogP contribution in [-0.2, 0) is 0 Å². The number of fused-ring (bicyclic) bond motifs is 3. The van der Waals surface area contributed by atoms with Crippen LogP contribution in [0, 0.1) is 6.92 Å². The molecule has 2 aliphatic rings. The van der Waals surface area contributed by atoms with Gasteiger partial charge in [-0.25, -0.2) is 5.01 Å². The second-order valence-corrected chi connectivity index (χ2v) is 7.79. The molecule has 0 saturated carbocycles. The summed E-state index contributed by atoms with van der Waals surface area (Å²) in [4.78, 5) is 0. The van der Waals surface area contributed by atoms with Crippen molar-refractivity contribution in [1.29, 1.82) is 0 Å². The number of para-hydroxylation sites is 1. The summed E-state index contributed by atoms with van der Waals surface area (Å²) in [5, 5.41) is 17.4. The number of benzene rings is 3. The van der Waals surface area contributed by atoms with E-state index in [1.807, 2.05) is 41.4 Å². The monoisotopic (exact) mass is 416 g/mol. The maximum absolute atomic E-state index is 10.5. The first-order valence-corrected chi connectivity index (χ1v) is 10.2. The molecule has 1 N–H and O–H groups in total. The van der Waals surface area contributed by atoms with Gasteiger partial charge in [0.15, 0.2) is 11.5 Å². The van der Waals surface area contributed by atoms with E-state index >= 15 is 0 Å². The number of hydrogen-bond donors (Lipinski definition) is 1. The lowest BCUT2D eigenvalue weighted by atomic mass is 9.95. The Morgan fingerprint density at radius 2 is 1.87 bits per heavy atom. The van der Waals surface area contributed by atoms with Crippen LogP contribution in [0.4, 0.5) is 0 Å². The molecule has 6 nitrogen and oxygen atoms in total. The standard InChI is InChI=1S/C25H24N2O4/c1-15-6-4-7-16(12-15)25-27-21(18-8-5-9-23(30-3)24(18)31-25)14-20(26-27)19-13-17(29-2)10-11-22(19)28/h4-13,21,25,28H,14H2,1-3H3/t21-,25+/m1/s1. The van der Waals surface area contributed by atoms with Crippen LogP contribution in [-0.4, -0.2) is 30.0 Å². The summed E-state index contributed by atoms with van der Waals surface area (Å²) in [6, 6.07) is 19.3. The lowest BCUT2D eigenvalue weighted by Crippen LogP contribution is -2.33. The molecule has 31 heavy (non-hydrogen) atoms. The maximum Gasteiger partial charge on any atom is 0.214 e. The van der Waals surface area contributed by atoms with Crippen molar-refractivity contribution < 1.29 is 19.3 Å². The van der Waals surface area contributed by atoms with E-state index in [9.17, 15) is 5.11 Å². The summed E-state index contributed by atoms with van der Waals surface area (Å²) < 4.78 is 17.4. The molecule has 3 aromatic carbocycles. The van der Waals surface area contributed by atoms with Gasteiger partial charge in [0.05, 0.1) is 26.0 Å². The SMILES string of the molecule is COc1ccc(O)c(C2=NN3[C@H](C2)c2cccc(OC)c2O[C@H]3c2cccc(C)c2)c1. The van der Waals surface area contributed by atoms with Crippen LogP contribution in [0.15, 0.2) is 65.8 Å². The lowest BCUT2D eigenvalue weighted by molar-refractivity contribution is -0.0209. The van der Waals surface area contributed by atoms with E-state index in [0.717, 1.165) is 28.2 Å². The summed E-state index contributed by atoms with van der Waals surface area (Å²) in [6.45, 7) is 2.06. The van der Waals surface area contributed by atoms with E-state index in [0.29, 0.717) is 23.5 Å². The van der Waals surface area contributed by atoms with Crippen molar-refractivity contribution in [2.45, 2.75) is 25.6 Å². The highest BCUT2D eigenvalue weighted by Gasteiger charge is 2.42. The number of aromatic hydroxyl groups is 1. The Morgan fingerprint density at radius 1 is 1.03 bits per heavy atom.